The topological polar surface area (TPSA) is 87.8 Å². The van der Waals surface area contributed by atoms with Crippen molar-refractivity contribution in [3.05, 3.63) is 75.0 Å². The molecule has 0 aliphatic heterocycles. The predicted octanol–water partition coefficient (Wildman–Crippen LogP) is 3.69. The Balaban J connectivity index is 1.59. The SMILES string of the molecule is Cc1[nH]c2ccc(C(=O)OCc3nc4c(C)cccc4c(=O)[nH]3)cc2c1C. The number of rotatable bonds is 3. The number of hydrogen-bond acceptors (Lipinski definition) is 4. The summed E-state index contributed by atoms with van der Waals surface area (Å²) >= 11 is 0. The molecule has 0 bridgehead atoms. The molecular weight excluding hydrogens is 342 g/mol. The van der Waals surface area contributed by atoms with Crippen LogP contribution in [0.15, 0.2) is 41.2 Å². The highest BCUT2D eigenvalue weighted by Crippen LogP contribution is 2.23. The van der Waals surface area contributed by atoms with Gasteiger partial charge in [0.15, 0.2) is 0 Å². The van der Waals surface area contributed by atoms with Crippen molar-refractivity contribution < 1.29 is 9.53 Å². The quantitative estimate of drug-likeness (QED) is 0.545. The summed E-state index contributed by atoms with van der Waals surface area (Å²) in [6.45, 7) is 5.80. The number of carbonyl (C=O) groups is 1. The third-order valence-electron chi connectivity index (χ3n) is 4.87. The molecule has 0 saturated carbocycles. The maximum Gasteiger partial charge on any atom is 0.338 e. The fourth-order valence-corrected chi connectivity index (χ4v) is 3.23. The summed E-state index contributed by atoms with van der Waals surface area (Å²) < 4.78 is 5.37. The van der Waals surface area contributed by atoms with Gasteiger partial charge in [0.1, 0.15) is 12.4 Å². The van der Waals surface area contributed by atoms with Crippen LogP contribution in [0.2, 0.25) is 0 Å². The molecule has 2 aromatic heterocycles. The van der Waals surface area contributed by atoms with Gasteiger partial charge in [0.05, 0.1) is 16.5 Å². The zero-order valence-corrected chi connectivity index (χ0v) is 15.3. The molecule has 0 spiro atoms. The Hall–Kier alpha value is -3.41. The molecule has 6 nitrogen and oxygen atoms in total. The number of aromatic amines is 2. The Morgan fingerprint density at radius 2 is 1.89 bits per heavy atom. The normalized spacial score (nSPS) is 11.2. The van der Waals surface area contributed by atoms with Crippen molar-refractivity contribution in [1.29, 1.82) is 0 Å². The largest absolute Gasteiger partial charge is 0.454 e. The van der Waals surface area contributed by atoms with Crippen LogP contribution in [0.1, 0.15) is 33.0 Å². The Morgan fingerprint density at radius 1 is 1.07 bits per heavy atom. The maximum absolute atomic E-state index is 12.4. The Bertz CT molecular complexity index is 1250. The molecule has 6 heteroatoms. The number of hydrogen-bond donors (Lipinski definition) is 2. The van der Waals surface area contributed by atoms with Crippen LogP contribution in [0.4, 0.5) is 0 Å². The number of aromatic nitrogens is 3. The lowest BCUT2D eigenvalue weighted by molar-refractivity contribution is 0.0462. The van der Waals surface area contributed by atoms with Crippen molar-refractivity contribution in [1.82, 2.24) is 15.0 Å². The zero-order chi connectivity index (χ0) is 19.1. The summed E-state index contributed by atoms with van der Waals surface area (Å²) in [5.74, 6) is -0.132. The van der Waals surface area contributed by atoms with Crippen LogP contribution in [-0.2, 0) is 11.3 Å². The van der Waals surface area contributed by atoms with E-state index in [0.717, 1.165) is 27.7 Å². The van der Waals surface area contributed by atoms with Gasteiger partial charge in [-0.05, 0) is 56.2 Å². The van der Waals surface area contributed by atoms with Gasteiger partial charge < -0.3 is 14.7 Å². The molecule has 0 saturated heterocycles. The number of aryl methyl sites for hydroxylation is 3. The van der Waals surface area contributed by atoms with Crippen molar-refractivity contribution in [2.24, 2.45) is 0 Å². The van der Waals surface area contributed by atoms with Gasteiger partial charge in [-0.15, -0.1) is 0 Å². The van der Waals surface area contributed by atoms with Gasteiger partial charge >= 0.3 is 5.97 Å². The van der Waals surface area contributed by atoms with Gasteiger partial charge in [-0.25, -0.2) is 9.78 Å². The number of ether oxygens (including phenoxy) is 1. The third-order valence-corrected chi connectivity index (χ3v) is 4.87. The third kappa shape index (κ3) is 2.99. The fraction of sp³-hybridized carbons (Fsp3) is 0.190. The molecule has 0 amide bonds. The van der Waals surface area contributed by atoms with Crippen LogP contribution in [0.25, 0.3) is 21.8 Å². The lowest BCUT2D eigenvalue weighted by atomic mass is 10.1. The molecule has 27 heavy (non-hydrogen) atoms. The molecule has 0 aliphatic rings. The molecule has 0 aliphatic carbocycles. The number of nitrogens with one attached hydrogen (secondary N) is 2. The van der Waals surface area contributed by atoms with Crippen molar-refractivity contribution in [2.75, 3.05) is 0 Å². The first-order valence-corrected chi connectivity index (χ1v) is 8.68. The fourth-order valence-electron chi connectivity index (χ4n) is 3.23. The molecule has 0 atom stereocenters. The molecule has 136 valence electrons. The second-order valence-electron chi connectivity index (χ2n) is 6.70. The summed E-state index contributed by atoms with van der Waals surface area (Å²) in [5.41, 5.74) is 4.90. The Kier molecular flexibility index (Phi) is 4.03. The van der Waals surface area contributed by atoms with E-state index >= 15 is 0 Å². The highest BCUT2D eigenvalue weighted by molar-refractivity contribution is 5.96. The first-order chi connectivity index (χ1) is 12.9. The maximum atomic E-state index is 12.4. The summed E-state index contributed by atoms with van der Waals surface area (Å²) in [6.07, 6.45) is 0. The average molecular weight is 361 g/mol. The predicted molar refractivity (Wildman–Crippen MR) is 104 cm³/mol. The van der Waals surface area contributed by atoms with Crippen molar-refractivity contribution in [2.45, 2.75) is 27.4 Å². The van der Waals surface area contributed by atoms with Gasteiger partial charge in [0.25, 0.3) is 5.56 Å². The highest BCUT2D eigenvalue weighted by atomic mass is 16.5. The minimum Gasteiger partial charge on any atom is -0.454 e. The summed E-state index contributed by atoms with van der Waals surface area (Å²) in [7, 11) is 0. The average Bonchev–Trinajstić information content (AvgIpc) is 2.94. The van der Waals surface area contributed by atoms with E-state index in [2.05, 4.69) is 15.0 Å². The number of H-pyrrole nitrogens is 2. The molecule has 0 radical (unpaired) electrons. The van der Waals surface area contributed by atoms with Crippen LogP contribution in [0.3, 0.4) is 0 Å². The smallest absolute Gasteiger partial charge is 0.338 e. The number of benzene rings is 2. The molecule has 4 aromatic rings. The van der Waals surface area contributed by atoms with E-state index < -0.39 is 5.97 Å². The van der Waals surface area contributed by atoms with Crippen molar-refractivity contribution >= 4 is 27.8 Å². The molecular formula is C21H19N3O3. The van der Waals surface area contributed by atoms with E-state index in [4.69, 9.17) is 4.74 Å². The van der Waals surface area contributed by atoms with E-state index in [-0.39, 0.29) is 12.2 Å². The number of para-hydroxylation sites is 1. The molecule has 0 unspecified atom stereocenters. The van der Waals surface area contributed by atoms with Gasteiger partial charge in [0, 0.05) is 16.6 Å². The zero-order valence-electron chi connectivity index (χ0n) is 15.3. The standard InChI is InChI=1S/C21H19N3O3/c1-11-5-4-6-15-19(11)23-18(24-20(15)25)10-27-21(26)14-7-8-17-16(9-14)12(2)13(3)22-17/h4-9,22H,10H2,1-3H3,(H,23,24,25). The second-order valence-corrected chi connectivity index (χ2v) is 6.70. The number of carbonyl (C=O) groups excluding carboxylic acids is 1. The minimum atomic E-state index is -0.456. The van der Waals surface area contributed by atoms with Gasteiger partial charge in [-0.2, -0.15) is 0 Å². The molecule has 2 aromatic carbocycles. The number of esters is 1. The second kappa shape index (κ2) is 6.39. The first-order valence-electron chi connectivity index (χ1n) is 8.68. The van der Waals surface area contributed by atoms with Gasteiger partial charge in [0.2, 0.25) is 0 Å². The molecule has 2 N–H and O–H groups in total. The van der Waals surface area contributed by atoms with Gasteiger partial charge in [-0.1, -0.05) is 12.1 Å². The van der Waals surface area contributed by atoms with Crippen LogP contribution in [0.5, 0.6) is 0 Å². The monoisotopic (exact) mass is 361 g/mol. The molecule has 0 fully saturated rings. The Labute approximate surface area is 155 Å². The van der Waals surface area contributed by atoms with Crippen molar-refractivity contribution in [3.8, 4) is 0 Å². The van der Waals surface area contributed by atoms with Crippen LogP contribution in [-0.4, -0.2) is 20.9 Å². The van der Waals surface area contributed by atoms with Crippen LogP contribution >= 0.6 is 0 Å². The summed E-state index contributed by atoms with van der Waals surface area (Å²) in [5, 5.41) is 1.52. The van der Waals surface area contributed by atoms with Crippen LogP contribution < -0.4 is 5.56 Å². The lowest BCUT2D eigenvalue weighted by Crippen LogP contribution is -2.15. The summed E-state index contributed by atoms with van der Waals surface area (Å²) in [4.78, 5) is 35.0. The molecule has 4 rings (SSSR count). The summed E-state index contributed by atoms with van der Waals surface area (Å²) in [6, 6.07) is 10.8. The van der Waals surface area contributed by atoms with Crippen LogP contribution in [0, 0.1) is 20.8 Å². The first kappa shape index (κ1) is 17.0. The highest BCUT2D eigenvalue weighted by Gasteiger charge is 2.13. The lowest BCUT2D eigenvalue weighted by Gasteiger charge is -2.07. The Morgan fingerprint density at radius 3 is 2.70 bits per heavy atom. The van der Waals surface area contributed by atoms with E-state index in [0.29, 0.717) is 22.3 Å². The van der Waals surface area contributed by atoms with E-state index in [1.165, 1.54) is 0 Å². The van der Waals surface area contributed by atoms with Gasteiger partial charge in [-0.3, -0.25) is 4.79 Å². The number of fused-ring (bicyclic) bond motifs is 2. The van der Waals surface area contributed by atoms with E-state index in [1.54, 1.807) is 12.1 Å². The number of nitrogens with zero attached hydrogens (tertiary/aromatic N) is 1. The van der Waals surface area contributed by atoms with E-state index in [9.17, 15) is 9.59 Å². The van der Waals surface area contributed by atoms with E-state index in [1.807, 2.05) is 45.0 Å². The van der Waals surface area contributed by atoms with Crippen molar-refractivity contribution in [3.63, 3.8) is 0 Å². The minimum absolute atomic E-state index is 0.0957. The molecule has 2 heterocycles.